The number of thioether (sulfide) groups is 1. The molecule has 0 spiro atoms. The number of aromatic nitrogens is 1. The van der Waals surface area contributed by atoms with E-state index in [1.165, 1.54) is 11.8 Å². The maximum Gasteiger partial charge on any atom is 0.251 e. The molecule has 2 amide bonds. The Bertz CT molecular complexity index is 1550. The molecule has 0 aliphatic carbocycles. The fraction of sp³-hybridized carbons (Fsp3) is 0.133. The molecule has 1 aromatic heterocycles. The minimum Gasteiger partial charge on any atom is -0.350 e. The standard InChI is InChI=1S/C30H27N3O2S/c1-21-9-2-4-12-23(21)30(35)31-17-18-33-19-28(25-14-6-7-16-27(25)33)36-20-29(34)32-26-15-8-11-22-10-3-5-13-24(22)26/h2-16,19H,17-18,20H2,1H3,(H,31,35)(H,32,34). The largest absolute Gasteiger partial charge is 0.350 e. The van der Waals surface area contributed by atoms with Crippen LogP contribution < -0.4 is 10.6 Å². The van der Waals surface area contributed by atoms with Gasteiger partial charge in [0.1, 0.15) is 0 Å². The summed E-state index contributed by atoms with van der Waals surface area (Å²) in [6, 6.07) is 29.7. The van der Waals surface area contributed by atoms with Crippen LogP contribution in [0, 0.1) is 6.92 Å². The van der Waals surface area contributed by atoms with Crippen LogP contribution in [-0.4, -0.2) is 28.7 Å². The van der Waals surface area contributed by atoms with Crippen molar-refractivity contribution in [2.45, 2.75) is 18.4 Å². The molecule has 0 fully saturated rings. The number of amides is 2. The van der Waals surface area contributed by atoms with Gasteiger partial charge in [0.05, 0.1) is 5.75 Å². The molecule has 1 heterocycles. The van der Waals surface area contributed by atoms with Gasteiger partial charge in [-0.15, -0.1) is 11.8 Å². The quantitative estimate of drug-likeness (QED) is 0.251. The number of carbonyl (C=O) groups excluding carboxylic acids is 2. The summed E-state index contributed by atoms with van der Waals surface area (Å²) in [7, 11) is 0. The number of fused-ring (bicyclic) bond motifs is 2. The van der Waals surface area contributed by atoms with Gasteiger partial charge in [0.2, 0.25) is 5.91 Å². The van der Waals surface area contributed by atoms with Gasteiger partial charge in [0.25, 0.3) is 5.91 Å². The molecule has 0 saturated heterocycles. The summed E-state index contributed by atoms with van der Waals surface area (Å²) in [4.78, 5) is 26.4. The molecule has 6 heteroatoms. The van der Waals surface area contributed by atoms with E-state index in [2.05, 4.69) is 33.5 Å². The van der Waals surface area contributed by atoms with Gasteiger partial charge in [0.15, 0.2) is 0 Å². The van der Waals surface area contributed by atoms with Crippen molar-refractivity contribution >= 4 is 50.9 Å². The lowest BCUT2D eigenvalue weighted by atomic mass is 10.1. The highest BCUT2D eigenvalue weighted by Gasteiger charge is 2.13. The van der Waals surface area contributed by atoms with Crippen LogP contribution in [0.2, 0.25) is 0 Å². The number of benzene rings is 4. The van der Waals surface area contributed by atoms with Crippen molar-refractivity contribution in [3.63, 3.8) is 0 Å². The van der Waals surface area contributed by atoms with E-state index in [0.29, 0.717) is 24.4 Å². The van der Waals surface area contributed by atoms with Crippen molar-refractivity contribution < 1.29 is 9.59 Å². The summed E-state index contributed by atoms with van der Waals surface area (Å²) < 4.78 is 2.14. The van der Waals surface area contributed by atoms with E-state index >= 15 is 0 Å². The third-order valence-corrected chi connectivity index (χ3v) is 7.25. The number of hydrogen-bond donors (Lipinski definition) is 2. The van der Waals surface area contributed by atoms with Gasteiger partial charge < -0.3 is 15.2 Å². The van der Waals surface area contributed by atoms with Gasteiger partial charge in [-0.05, 0) is 36.1 Å². The van der Waals surface area contributed by atoms with Crippen LogP contribution in [0.5, 0.6) is 0 Å². The van der Waals surface area contributed by atoms with E-state index in [0.717, 1.165) is 37.8 Å². The zero-order chi connectivity index (χ0) is 24.9. The predicted octanol–water partition coefficient (Wildman–Crippen LogP) is 6.26. The Labute approximate surface area is 214 Å². The number of nitrogens with zero attached hydrogens (tertiary/aromatic N) is 1. The number of rotatable bonds is 8. The van der Waals surface area contributed by atoms with Gasteiger partial charge in [-0.3, -0.25) is 9.59 Å². The molecule has 0 unspecified atom stereocenters. The van der Waals surface area contributed by atoms with Crippen molar-refractivity contribution in [3.05, 3.63) is 108 Å². The lowest BCUT2D eigenvalue weighted by molar-refractivity contribution is -0.113. The van der Waals surface area contributed by atoms with E-state index in [1.807, 2.05) is 85.8 Å². The summed E-state index contributed by atoms with van der Waals surface area (Å²) in [5.74, 6) is 0.198. The molecule has 0 aliphatic rings. The molecule has 5 aromatic rings. The van der Waals surface area contributed by atoms with Crippen LogP contribution in [0.15, 0.2) is 102 Å². The maximum absolute atomic E-state index is 12.8. The summed E-state index contributed by atoms with van der Waals surface area (Å²) >= 11 is 1.52. The normalized spacial score (nSPS) is 11.0. The van der Waals surface area contributed by atoms with Crippen LogP contribution in [0.4, 0.5) is 5.69 Å². The highest BCUT2D eigenvalue weighted by atomic mass is 32.2. The maximum atomic E-state index is 12.8. The van der Waals surface area contributed by atoms with E-state index in [-0.39, 0.29) is 11.8 Å². The van der Waals surface area contributed by atoms with Crippen molar-refractivity contribution in [1.29, 1.82) is 0 Å². The molecule has 0 aliphatic heterocycles. The molecule has 0 saturated carbocycles. The second-order valence-electron chi connectivity index (χ2n) is 8.64. The summed E-state index contributed by atoms with van der Waals surface area (Å²) in [6.45, 7) is 3.09. The fourth-order valence-corrected chi connectivity index (χ4v) is 5.28. The first-order valence-electron chi connectivity index (χ1n) is 11.9. The first-order valence-corrected chi connectivity index (χ1v) is 12.9. The Hall–Kier alpha value is -4.03. The Morgan fingerprint density at radius 2 is 1.56 bits per heavy atom. The molecule has 0 atom stereocenters. The minimum absolute atomic E-state index is 0.0429. The van der Waals surface area contributed by atoms with Gasteiger partial charge >= 0.3 is 0 Å². The Morgan fingerprint density at radius 3 is 2.42 bits per heavy atom. The highest BCUT2D eigenvalue weighted by Crippen LogP contribution is 2.30. The fourth-order valence-electron chi connectivity index (χ4n) is 4.39. The van der Waals surface area contributed by atoms with Crippen molar-refractivity contribution in [3.8, 4) is 0 Å². The summed E-state index contributed by atoms with van der Waals surface area (Å²) in [5.41, 5.74) is 3.57. The molecular weight excluding hydrogens is 466 g/mol. The van der Waals surface area contributed by atoms with Crippen LogP contribution in [-0.2, 0) is 11.3 Å². The third-order valence-electron chi connectivity index (χ3n) is 6.20. The van der Waals surface area contributed by atoms with Gasteiger partial charge in [-0.1, -0.05) is 72.8 Å². The van der Waals surface area contributed by atoms with Gasteiger partial charge in [-0.2, -0.15) is 0 Å². The van der Waals surface area contributed by atoms with E-state index < -0.39 is 0 Å². The highest BCUT2D eigenvalue weighted by molar-refractivity contribution is 8.00. The topological polar surface area (TPSA) is 63.1 Å². The Kier molecular flexibility index (Phi) is 7.05. The predicted molar refractivity (Wildman–Crippen MR) is 149 cm³/mol. The van der Waals surface area contributed by atoms with Gasteiger partial charge in [-0.25, -0.2) is 0 Å². The van der Waals surface area contributed by atoms with Crippen molar-refractivity contribution in [2.24, 2.45) is 0 Å². The van der Waals surface area contributed by atoms with Crippen molar-refractivity contribution in [1.82, 2.24) is 9.88 Å². The lowest BCUT2D eigenvalue weighted by Gasteiger charge is -2.09. The number of anilines is 1. The first-order chi connectivity index (χ1) is 17.6. The molecule has 2 N–H and O–H groups in total. The van der Waals surface area contributed by atoms with Crippen LogP contribution in [0.1, 0.15) is 15.9 Å². The Balaban J connectivity index is 1.24. The molecule has 0 radical (unpaired) electrons. The summed E-state index contributed by atoms with van der Waals surface area (Å²) in [5, 5.41) is 9.32. The zero-order valence-corrected chi connectivity index (χ0v) is 20.8. The SMILES string of the molecule is Cc1ccccc1C(=O)NCCn1cc(SCC(=O)Nc2cccc3ccccc23)c2ccccc21. The zero-order valence-electron chi connectivity index (χ0n) is 20.0. The average Bonchev–Trinajstić information content (AvgIpc) is 3.25. The monoisotopic (exact) mass is 493 g/mol. The molecule has 4 aromatic carbocycles. The van der Waals surface area contributed by atoms with Gasteiger partial charge in [0, 0.05) is 51.7 Å². The molecule has 180 valence electrons. The number of nitrogens with one attached hydrogen (secondary N) is 2. The number of aryl methyl sites for hydroxylation is 1. The minimum atomic E-state index is -0.0655. The second-order valence-corrected chi connectivity index (χ2v) is 9.66. The van der Waals surface area contributed by atoms with E-state index in [9.17, 15) is 9.59 Å². The lowest BCUT2D eigenvalue weighted by Crippen LogP contribution is -2.27. The van der Waals surface area contributed by atoms with E-state index in [1.54, 1.807) is 0 Å². The molecule has 0 bridgehead atoms. The molecular formula is C30H27N3O2S. The number of hydrogen-bond acceptors (Lipinski definition) is 3. The van der Waals surface area contributed by atoms with Crippen LogP contribution in [0.3, 0.4) is 0 Å². The number of para-hydroxylation sites is 1. The van der Waals surface area contributed by atoms with Crippen LogP contribution >= 0.6 is 11.8 Å². The second kappa shape index (κ2) is 10.7. The number of carbonyl (C=O) groups is 2. The summed E-state index contributed by atoms with van der Waals surface area (Å²) in [6.07, 6.45) is 2.07. The molecule has 5 nitrogen and oxygen atoms in total. The smallest absolute Gasteiger partial charge is 0.251 e. The first kappa shape index (κ1) is 23.7. The average molecular weight is 494 g/mol. The van der Waals surface area contributed by atoms with Crippen LogP contribution in [0.25, 0.3) is 21.7 Å². The van der Waals surface area contributed by atoms with E-state index in [4.69, 9.17) is 0 Å². The third kappa shape index (κ3) is 5.14. The Morgan fingerprint density at radius 1 is 0.833 bits per heavy atom. The molecule has 36 heavy (non-hydrogen) atoms. The molecule has 5 rings (SSSR count). The van der Waals surface area contributed by atoms with Crippen molar-refractivity contribution in [2.75, 3.05) is 17.6 Å².